The highest BCUT2D eigenvalue weighted by Crippen LogP contribution is 2.25. The summed E-state index contributed by atoms with van der Waals surface area (Å²) in [4.78, 5) is 11.3. The molecule has 4 N–H and O–H groups in total. The molecule has 2 rings (SSSR count). The van der Waals surface area contributed by atoms with Crippen molar-refractivity contribution >= 4 is 17.2 Å². The number of rotatable bonds is 3. The number of hydrogen-bond donors (Lipinski definition) is 3. The third-order valence-electron chi connectivity index (χ3n) is 2.92. The first-order chi connectivity index (χ1) is 7.56. The molecule has 1 aliphatic carbocycles. The minimum absolute atomic E-state index is 0.0326. The molecule has 4 heteroatoms. The molecule has 0 atom stereocenters. The van der Waals surface area contributed by atoms with Crippen LogP contribution in [0.3, 0.4) is 0 Å². The summed E-state index contributed by atoms with van der Waals surface area (Å²) >= 11 is 0. The van der Waals surface area contributed by atoms with E-state index in [1.165, 1.54) is 6.92 Å². The third kappa shape index (κ3) is 2.17. The minimum atomic E-state index is -0.182. The van der Waals surface area contributed by atoms with Crippen molar-refractivity contribution < 1.29 is 9.90 Å². The van der Waals surface area contributed by atoms with Crippen molar-refractivity contribution in [3.8, 4) is 0 Å². The van der Waals surface area contributed by atoms with Gasteiger partial charge in [-0.1, -0.05) is 0 Å². The van der Waals surface area contributed by atoms with Gasteiger partial charge in [0, 0.05) is 23.0 Å². The second kappa shape index (κ2) is 4.14. The van der Waals surface area contributed by atoms with Gasteiger partial charge in [0.1, 0.15) is 0 Å². The number of aliphatic hydroxyl groups excluding tert-OH is 1. The summed E-state index contributed by atoms with van der Waals surface area (Å²) in [6.45, 7) is 1.50. The Morgan fingerprint density at radius 1 is 1.50 bits per heavy atom. The van der Waals surface area contributed by atoms with E-state index in [1.807, 2.05) is 6.07 Å². The van der Waals surface area contributed by atoms with E-state index < -0.39 is 0 Å². The standard InChI is InChI=1S/C12H16N2O2/c1-7(15)11-6-8(2-3-12(11)13)14-9-4-10(16)5-9/h2-3,6,9-10,14,16H,4-5,13H2,1H3. The second-order valence-corrected chi connectivity index (χ2v) is 4.32. The monoisotopic (exact) mass is 220 g/mol. The van der Waals surface area contributed by atoms with Gasteiger partial charge in [0.15, 0.2) is 5.78 Å². The lowest BCUT2D eigenvalue weighted by molar-refractivity contribution is 0.0836. The highest BCUT2D eigenvalue weighted by molar-refractivity contribution is 6.00. The van der Waals surface area contributed by atoms with Crippen LogP contribution in [0.2, 0.25) is 0 Å². The zero-order valence-electron chi connectivity index (χ0n) is 9.23. The number of nitrogen functional groups attached to an aromatic ring is 1. The van der Waals surface area contributed by atoms with Crippen molar-refractivity contribution in [1.29, 1.82) is 0 Å². The van der Waals surface area contributed by atoms with Gasteiger partial charge in [0.2, 0.25) is 0 Å². The Kier molecular flexibility index (Phi) is 2.83. The van der Waals surface area contributed by atoms with Crippen LogP contribution < -0.4 is 11.1 Å². The predicted octanol–water partition coefficient (Wildman–Crippen LogP) is 1.41. The van der Waals surface area contributed by atoms with E-state index in [1.54, 1.807) is 12.1 Å². The number of benzene rings is 1. The predicted molar refractivity (Wildman–Crippen MR) is 63.5 cm³/mol. The average molecular weight is 220 g/mol. The molecule has 0 saturated heterocycles. The average Bonchev–Trinajstić information content (AvgIpc) is 2.18. The van der Waals surface area contributed by atoms with E-state index in [0.717, 1.165) is 18.5 Å². The lowest BCUT2D eigenvalue weighted by Crippen LogP contribution is -2.38. The highest BCUT2D eigenvalue weighted by atomic mass is 16.3. The van der Waals surface area contributed by atoms with E-state index in [9.17, 15) is 4.79 Å². The summed E-state index contributed by atoms with van der Waals surface area (Å²) in [5.41, 5.74) is 7.64. The van der Waals surface area contributed by atoms with Crippen molar-refractivity contribution in [3.63, 3.8) is 0 Å². The maximum Gasteiger partial charge on any atom is 0.161 e. The van der Waals surface area contributed by atoms with Crippen LogP contribution in [-0.2, 0) is 0 Å². The molecule has 4 nitrogen and oxygen atoms in total. The Hall–Kier alpha value is -1.55. The summed E-state index contributed by atoms with van der Waals surface area (Å²) < 4.78 is 0. The van der Waals surface area contributed by atoms with Crippen molar-refractivity contribution in [1.82, 2.24) is 0 Å². The maximum atomic E-state index is 11.3. The number of Topliss-reactive ketones (excluding diaryl/α,β-unsaturated/α-hetero) is 1. The molecular weight excluding hydrogens is 204 g/mol. The zero-order valence-corrected chi connectivity index (χ0v) is 9.23. The van der Waals surface area contributed by atoms with Crippen LogP contribution in [0.5, 0.6) is 0 Å². The molecule has 0 amide bonds. The normalized spacial score (nSPS) is 23.6. The van der Waals surface area contributed by atoms with Crippen LogP contribution >= 0.6 is 0 Å². The Morgan fingerprint density at radius 3 is 2.75 bits per heavy atom. The lowest BCUT2D eigenvalue weighted by Gasteiger charge is -2.32. The third-order valence-corrected chi connectivity index (χ3v) is 2.92. The molecule has 1 aromatic rings. The number of anilines is 2. The fourth-order valence-corrected chi connectivity index (χ4v) is 1.89. The molecule has 0 unspecified atom stereocenters. The van der Waals surface area contributed by atoms with Gasteiger partial charge in [-0.15, -0.1) is 0 Å². The van der Waals surface area contributed by atoms with E-state index in [2.05, 4.69) is 5.32 Å². The number of carbonyl (C=O) groups excluding carboxylic acids is 1. The first-order valence-electron chi connectivity index (χ1n) is 5.41. The summed E-state index contributed by atoms with van der Waals surface area (Å²) in [7, 11) is 0. The van der Waals surface area contributed by atoms with Gasteiger partial charge in [-0.25, -0.2) is 0 Å². The van der Waals surface area contributed by atoms with Crippen LogP contribution in [0, 0.1) is 0 Å². The van der Waals surface area contributed by atoms with Crippen LogP contribution in [0.1, 0.15) is 30.1 Å². The highest BCUT2D eigenvalue weighted by Gasteiger charge is 2.26. The molecule has 0 aliphatic heterocycles. The zero-order chi connectivity index (χ0) is 11.7. The van der Waals surface area contributed by atoms with Crippen molar-refractivity contribution in [2.24, 2.45) is 0 Å². The largest absolute Gasteiger partial charge is 0.398 e. The number of nitrogens with one attached hydrogen (secondary N) is 1. The fraction of sp³-hybridized carbons (Fsp3) is 0.417. The number of hydrogen-bond acceptors (Lipinski definition) is 4. The summed E-state index contributed by atoms with van der Waals surface area (Å²) in [6, 6.07) is 5.65. The Balaban J connectivity index is 2.10. The quantitative estimate of drug-likeness (QED) is 0.531. The van der Waals surface area contributed by atoms with Gasteiger partial charge in [-0.3, -0.25) is 4.79 Å². The van der Waals surface area contributed by atoms with Gasteiger partial charge in [-0.05, 0) is 38.0 Å². The fourth-order valence-electron chi connectivity index (χ4n) is 1.89. The molecule has 0 spiro atoms. The number of aliphatic hydroxyl groups is 1. The van der Waals surface area contributed by atoms with Crippen LogP contribution in [0.15, 0.2) is 18.2 Å². The molecular formula is C12H16N2O2. The van der Waals surface area contributed by atoms with Gasteiger partial charge in [0.25, 0.3) is 0 Å². The maximum absolute atomic E-state index is 11.3. The first kappa shape index (κ1) is 11.0. The Morgan fingerprint density at radius 2 is 2.19 bits per heavy atom. The molecule has 1 saturated carbocycles. The van der Waals surface area contributed by atoms with Crippen molar-refractivity contribution in [2.75, 3.05) is 11.1 Å². The Labute approximate surface area is 94.5 Å². The number of nitrogens with two attached hydrogens (primary N) is 1. The second-order valence-electron chi connectivity index (χ2n) is 4.32. The molecule has 16 heavy (non-hydrogen) atoms. The summed E-state index contributed by atoms with van der Waals surface area (Å²) in [6.07, 6.45) is 1.35. The van der Waals surface area contributed by atoms with Gasteiger partial charge in [0.05, 0.1) is 6.10 Å². The van der Waals surface area contributed by atoms with Crippen LogP contribution in [-0.4, -0.2) is 23.0 Å². The molecule has 1 fully saturated rings. The van der Waals surface area contributed by atoms with Crippen molar-refractivity contribution in [3.05, 3.63) is 23.8 Å². The van der Waals surface area contributed by atoms with Gasteiger partial charge >= 0.3 is 0 Å². The minimum Gasteiger partial charge on any atom is -0.398 e. The Bertz CT molecular complexity index is 411. The number of carbonyl (C=O) groups is 1. The molecule has 0 radical (unpaired) electrons. The molecule has 0 heterocycles. The van der Waals surface area contributed by atoms with E-state index in [4.69, 9.17) is 10.8 Å². The smallest absolute Gasteiger partial charge is 0.161 e. The molecule has 0 aromatic heterocycles. The van der Waals surface area contributed by atoms with Gasteiger partial charge in [-0.2, -0.15) is 0 Å². The summed E-state index contributed by atoms with van der Waals surface area (Å²) in [5.74, 6) is -0.0326. The van der Waals surface area contributed by atoms with E-state index >= 15 is 0 Å². The molecule has 1 aromatic carbocycles. The van der Waals surface area contributed by atoms with E-state index in [-0.39, 0.29) is 11.9 Å². The molecule has 86 valence electrons. The number of ketones is 1. The van der Waals surface area contributed by atoms with Gasteiger partial charge < -0.3 is 16.2 Å². The topological polar surface area (TPSA) is 75.3 Å². The molecule has 0 bridgehead atoms. The van der Waals surface area contributed by atoms with E-state index in [0.29, 0.717) is 17.3 Å². The summed E-state index contributed by atoms with van der Waals surface area (Å²) in [5, 5.41) is 12.4. The van der Waals surface area contributed by atoms with Crippen molar-refractivity contribution in [2.45, 2.75) is 31.9 Å². The SMILES string of the molecule is CC(=O)c1cc(NC2CC(O)C2)ccc1N. The van der Waals surface area contributed by atoms with Crippen LogP contribution in [0.25, 0.3) is 0 Å². The molecule has 1 aliphatic rings. The van der Waals surface area contributed by atoms with Crippen LogP contribution in [0.4, 0.5) is 11.4 Å². The lowest BCUT2D eigenvalue weighted by atomic mass is 9.89. The first-order valence-corrected chi connectivity index (χ1v) is 5.41.